The molecule has 0 aromatic heterocycles. The number of benzene rings is 1. The van der Waals surface area contributed by atoms with Crippen LogP contribution in [0.25, 0.3) is 0 Å². The Morgan fingerprint density at radius 1 is 1.22 bits per heavy atom. The van der Waals surface area contributed by atoms with Crippen molar-refractivity contribution in [2.45, 2.75) is 39.7 Å². The van der Waals surface area contributed by atoms with Gasteiger partial charge in [0.05, 0.1) is 18.1 Å². The van der Waals surface area contributed by atoms with Crippen molar-refractivity contribution in [2.75, 3.05) is 6.61 Å². The van der Waals surface area contributed by atoms with Crippen molar-refractivity contribution in [3.63, 3.8) is 0 Å². The van der Waals surface area contributed by atoms with Gasteiger partial charge in [-0.05, 0) is 50.8 Å². The number of hydrogen-bond donors (Lipinski definition) is 1. The highest BCUT2D eigenvalue weighted by atomic mass is 16.5. The van der Waals surface area contributed by atoms with E-state index in [1.54, 1.807) is 0 Å². The lowest BCUT2D eigenvalue weighted by Gasteiger charge is -2.14. The Morgan fingerprint density at radius 3 is 2.44 bits per heavy atom. The summed E-state index contributed by atoms with van der Waals surface area (Å²) in [7, 11) is 0. The number of nitriles is 1. The summed E-state index contributed by atoms with van der Waals surface area (Å²) in [6.45, 7) is 5.20. The Labute approximate surface area is 110 Å². The number of rotatable bonds is 7. The molecule has 0 atom stereocenters. The first-order valence-electron chi connectivity index (χ1n) is 6.40. The molecule has 0 aliphatic carbocycles. The van der Waals surface area contributed by atoms with Crippen LogP contribution in [-0.4, -0.2) is 6.61 Å². The highest BCUT2D eigenvalue weighted by molar-refractivity contribution is 5.26. The van der Waals surface area contributed by atoms with E-state index in [9.17, 15) is 0 Å². The van der Waals surface area contributed by atoms with Crippen molar-refractivity contribution < 1.29 is 4.74 Å². The highest BCUT2D eigenvalue weighted by Gasteiger charge is 2.15. The molecule has 98 valence electrons. The second-order valence-electron chi connectivity index (χ2n) is 5.15. The molecule has 0 saturated heterocycles. The molecule has 0 unspecified atom stereocenters. The average Bonchev–Trinajstić information content (AvgIpc) is 2.39. The Bertz CT molecular complexity index is 390. The van der Waals surface area contributed by atoms with E-state index >= 15 is 0 Å². The maximum Gasteiger partial charge on any atom is 0.119 e. The lowest BCUT2D eigenvalue weighted by Crippen LogP contribution is -2.08. The quantitative estimate of drug-likeness (QED) is 0.751. The largest absolute Gasteiger partial charge is 0.494 e. The van der Waals surface area contributed by atoms with E-state index < -0.39 is 0 Å². The topological polar surface area (TPSA) is 59.0 Å². The molecule has 2 N–H and O–H groups in total. The molecule has 0 amide bonds. The van der Waals surface area contributed by atoms with Gasteiger partial charge in [0.15, 0.2) is 0 Å². The van der Waals surface area contributed by atoms with Crippen molar-refractivity contribution in [1.29, 1.82) is 5.26 Å². The third kappa shape index (κ3) is 5.20. The van der Waals surface area contributed by atoms with E-state index in [2.05, 4.69) is 6.07 Å². The van der Waals surface area contributed by atoms with Crippen LogP contribution in [0.2, 0.25) is 0 Å². The van der Waals surface area contributed by atoms with Crippen LogP contribution >= 0.6 is 0 Å². The number of nitrogens with zero attached hydrogens (tertiary/aromatic N) is 1. The fraction of sp³-hybridized carbons (Fsp3) is 0.533. The third-order valence-corrected chi connectivity index (χ3v) is 2.93. The Hall–Kier alpha value is -1.53. The third-order valence-electron chi connectivity index (χ3n) is 2.93. The van der Waals surface area contributed by atoms with Gasteiger partial charge in [-0.1, -0.05) is 12.1 Å². The molecular formula is C15H22N2O. The van der Waals surface area contributed by atoms with Crippen LogP contribution in [-0.2, 0) is 6.54 Å². The van der Waals surface area contributed by atoms with Gasteiger partial charge in [0.2, 0.25) is 0 Å². The highest BCUT2D eigenvalue weighted by Crippen LogP contribution is 2.21. The smallest absolute Gasteiger partial charge is 0.119 e. The standard InChI is InChI=1S/C15H22N2O/c1-15(2,12-17)9-3-4-10-18-14-7-5-13(11-16)6-8-14/h5-8H,3-4,9-11,16H2,1-2H3. The molecule has 1 aromatic rings. The van der Waals surface area contributed by atoms with Crippen LogP contribution in [0, 0.1) is 16.7 Å². The number of ether oxygens (including phenoxy) is 1. The van der Waals surface area contributed by atoms with E-state index in [0.717, 1.165) is 30.6 Å². The van der Waals surface area contributed by atoms with E-state index in [1.165, 1.54) is 0 Å². The Balaban J connectivity index is 2.20. The zero-order valence-corrected chi connectivity index (χ0v) is 11.3. The summed E-state index contributed by atoms with van der Waals surface area (Å²) in [5.74, 6) is 0.881. The van der Waals surface area contributed by atoms with Crippen LogP contribution in [0.1, 0.15) is 38.7 Å². The molecule has 3 nitrogen and oxygen atoms in total. The normalized spacial score (nSPS) is 11.0. The molecule has 0 bridgehead atoms. The van der Waals surface area contributed by atoms with Gasteiger partial charge in [0, 0.05) is 6.54 Å². The van der Waals surface area contributed by atoms with Crippen molar-refractivity contribution in [1.82, 2.24) is 0 Å². The van der Waals surface area contributed by atoms with E-state index in [0.29, 0.717) is 13.2 Å². The predicted molar refractivity (Wildman–Crippen MR) is 73.1 cm³/mol. The summed E-state index contributed by atoms with van der Waals surface area (Å²) in [5.41, 5.74) is 6.42. The van der Waals surface area contributed by atoms with Crippen LogP contribution in [0.3, 0.4) is 0 Å². The zero-order valence-electron chi connectivity index (χ0n) is 11.3. The summed E-state index contributed by atoms with van der Waals surface area (Å²) in [6, 6.07) is 10.2. The summed E-state index contributed by atoms with van der Waals surface area (Å²) < 4.78 is 5.63. The molecule has 0 aliphatic heterocycles. The number of nitrogens with two attached hydrogens (primary N) is 1. The van der Waals surface area contributed by atoms with Gasteiger partial charge in [-0.2, -0.15) is 5.26 Å². The van der Waals surface area contributed by atoms with Gasteiger partial charge in [-0.3, -0.25) is 0 Å². The second kappa shape index (κ2) is 7.03. The van der Waals surface area contributed by atoms with Crippen LogP contribution in [0.4, 0.5) is 0 Å². The first kappa shape index (κ1) is 14.5. The summed E-state index contributed by atoms with van der Waals surface area (Å²) in [6.07, 6.45) is 2.91. The van der Waals surface area contributed by atoms with Crippen molar-refractivity contribution in [3.8, 4) is 11.8 Å². The second-order valence-corrected chi connectivity index (χ2v) is 5.15. The summed E-state index contributed by atoms with van der Waals surface area (Å²) >= 11 is 0. The maximum atomic E-state index is 8.89. The first-order valence-corrected chi connectivity index (χ1v) is 6.40. The maximum absolute atomic E-state index is 8.89. The van der Waals surface area contributed by atoms with Gasteiger partial charge in [0.25, 0.3) is 0 Å². The molecule has 0 aliphatic rings. The van der Waals surface area contributed by atoms with Crippen LogP contribution < -0.4 is 10.5 Å². The Morgan fingerprint density at radius 2 is 1.89 bits per heavy atom. The molecule has 0 saturated carbocycles. The fourth-order valence-corrected chi connectivity index (χ4v) is 1.64. The van der Waals surface area contributed by atoms with E-state index in [-0.39, 0.29) is 5.41 Å². The van der Waals surface area contributed by atoms with Crippen molar-refractivity contribution >= 4 is 0 Å². The molecular weight excluding hydrogens is 224 g/mol. The van der Waals surface area contributed by atoms with Crippen molar-refractivity contribution in [3.05, 3.63) is 29.8 Å². The SMILES string of the molecule is CC(C)(C#N)CCCCOc1ccc(CN)cc1. The van der Waals surface area contributed by atoms with Crippen molar-refractivity contribution in [2.24, 2.45) is 11.1 Å². The molecule has 0 spiro atoms. The van der Waals surface area contributed by atoms with E-state index in [4.69, 9.17) is 15.7 Å². The minimum Gasteiger partial charge on any atom is -0.494 e. The van der Waals surface area contributed by atoms with Gasteiger partial charge in [0.1, 0.15) is 5.75 Å². The molecule has 0 heterocycles. The predicted octanol–water partition coefficient (Wildman–Crippen LogP) is 3.24. The number of hydrogen-bond acceptors (Lipinski definition) is 3. The molecule has 1 rings (SSSR count). The monoisotopic (exact) mass is 246 g/mol. The van der Waals surface area contributed by atoms with Crippen LogP contribution in [0.15, 0.2) is 24.3 Å². The van der Waals surface area contributed by atoms with Gasteiger partial charge >= 0.3 is 0 Å². The molecule has 18 heavy (non-hydrogen) atoms. The molecule has 3 heteroatoms. The molecule has 0 fully saturated rings. The zero-order chi connectivity index (χ0) is 13.4. The Kier molecular flexibility index (Phi) is 5.67. The minimum absolute atomic E-state index is 0.219. The van der Waals surface area contributed by atoms with Gasteiger partial charge in [-0.15, -0.1) is 0 Å². The first-order chi connectivity index (χ1) is 8.57. The van der Waals surface area contributed by atoms with Gasteiger partial charge < -0.3 is 10.5 Å². The van der Waals surface area contributed by atoms with Gasteiger partial charge in [-0.25, -0.2) is 0 Å². The fourth-order valence-electron chi connectivity index (χ4n) is 1.64. The lowest BCUT2D eigenvalue weighted by molar-refractivity contribution is 0.295. The van der Waals surface area contributed by atoms with Crippen LogP contribution in [0.5, 0.6) is 5.75 Å². The summed E-state index contributed by atoms with van der Waals surface area (Å²) in [4.78, 5) is 0. The average molecular weight is 246 g/mol. The summed E-state index contributed by atoms with van der Waals surface area (Å²) in [5, 5.41) is 8.89. The molecule has 0 radical (unpaired) electrons. The minimum atomic E-state index is -0.219. The lowest BCUT2D eigenvalue weighted by atomic mass is 9.89. The molecule has 1 aromatic carbocycles. The number of unbranched alkanes of at least 4 members (excludes halogenated alkanes) is 1. The van der Waals surface area contributed by atoms with E-state index in [1.807, 2.05) is 38.1 Å².